The second-order valence-corrected chi connectivity index (χ2v) is 6.32. The van der Waals surface area contributed by atoms with Crippen LogP contribution >= 0.6 is 0 Å². The molecule has 1 aromatic carbocycles. The Kier molecular flexibility index (Phi) is 5.34. The highest BCUT2D eigenvalue weighted by atomic mass is 16.5. The lowest BCUT2D eigenvalue weighted by atomic mass is 9.99. The molecule has 1 unspecified atom stereocenters. The number of nitrogens with one attached hydrogen (secondary N) is 2. The fourth-order valence-corrected chi connectivity index (χ4v) is 3.39. The van der Waals surface area contributed by atoms with E-state index >= 15 is 0 Å². The Morgan fingerprint density at radius 1 is 1.30 bits per heavy atom. The van der Waals surface area contributed by atoms with Crippen molar-refractivity contribution < 1.29 is 4.52 Å². The van der Waals surface area contributed by atoms with Crippen LogP contribution in [0.1, 0.15) is 68.5 Å². The maximum Gasteiger partial charge on any atom is 0.150 e. The number of aromatic nitrogens is 1. The molecule has 0 fully saturated rings. The number of benzene rings is 1. The minimum atomic E-state index is 0.364. The molecule has 0 saturated heterocycles. The van der Waals surface area contributed by atoms with E-state index in [1.54, 1.807) is 0 Å². The maximum atomic E-state index is 5.53. The van der Waals surface area contributed by atoms with Gasteiger partial charge < -0.3 is 15.2 Å². The van der Waals surface area contributed by atoms with Crippen LogP contribution in [0.2, 0.25) is 0 Å². The number of hydrogen-bond acceptors (Lipinski definition) is 4. The first-order valence-corrected chi connectivity index (χ1v) is 8.83. The van der Waals surface area contributed by atoms with Crippen LogP contribution < -0.4 is 10.6 Å². The summed E-state index contributed by atoms with van der Waals surface area (Å²) in [6.45, 7) is 6.18. The summed E-state index contributed by atoms with van der Waals surface area (Å²) in [6, 6.07) is 11.1. The molecule has 1 aliphatic rings. The molecule has 0 radical (unpaired) electrons. The molecule has 124 valence electrons. The van der Waals surface area contributed by atoms with E-state index < -0.39 is 0 Å². The molecule has 2 aromatic rings. The molecule has 4 nitrogen and oxygen atoms in total. The molecule has 0 spiro atoms. The second-order valence-electron chi connectivity index (χ2n) is 6.32. The number of hydrogen-bond donors (Lipinski definition) is 2. The molecule has 23 heavy (non-hydrogen) atoms. The van der Waals surface area contributed by atoms with Gasteiger partial charge in [-0.3, -0.25) is 0 Å². The maximum absolute atomic E-state index is 5.53. The van der Waals surface area contributed by atoms with Crippen molar-refractivity contribution >= 4 is 5.69 Å². The van der Waals surface area contributed by atoms with Crippen LogP contribution in [-0.4, -0.2) is 11.7 Å². The minimum Gasteiger partial charge on any atom is -0.385 e. The predicted molar refractivity (Wildman–Crippen MR) is 93.6 cm³/mol. The second kappa shape index (κ2) is 7.64. The van der Waals surface area contributed by atoms with Crippen LogP contribution in [0, 0.1) is 0 Å². The highest BCUT2D eigenvalue weighted by molar-refractivity contribution is 5.53. The van der Waals surface area contributed by atoms with Crippen molar-refractivity contribution in [1.29, 1.82) is 0 Å². The van der Waals surface area contributed by atoms with Gasteiger partial charge in [0, 0.05) is 30.3 Å². The largest absolute Gasteiger partial charge is 0.385 e. The Morgan fingerprint density at radius 2 is 2.13 bits per heavy atom. The SMILES string of the molecule is CCC(CC)c1cc(CNC2CCCNc3ccccc32)on1. The van der Waals surface area contributed by atoms with Gasteiger partial charge in [0.05, 0.1) is 12.2 Å². The lowest BCUT2D eigenvalue weighted by molar-refractivity contribution is 0.351. The average Bonchev–Trinajstić information content (AvgIpc) is 2.95. The summed E-state index contributed by atoms with van der Waals surface area (Å²) in [4.78, 5) is 0. The molecule has 0 bridgehead atoms. The first-order valence-electron chi connectivity index (χ1n) is 8.83. The van der Waals surface area contributed by atoms with Gasteiger partial charge in [0.25, 0.3) is 0 Å². The van der Waals surface area contributed by atoms with Crippen molar-refractivity contribution in [2.75, 3.05) is 11.9 Å². The Bertz CT molecular complexity index is 619. The third-order valence-electron chi connectivity index (χ3n) is 4.82. The normalized spacial score (nSPS) is 17.6. The smallest absolute Gasteiger partial charge is 0.150 e. The zero-order chi connectivity index (χ0) is 16.1. The summed E-state index contributed by atoms with van der Waals surface area (Å²) < 4.78 is 5.53. The van der Waals surface area contributed by atoms with Crippen molar-refractivity contribution in [2.24, 2.45) is 0 Å². The first-order chi connectivity index (χ1) is 11.3. The first kappa shape index (κ1) is 16.1. The van der Waals surface area contributed by atoms with Gasteiger partial charge in [-0.15, -0.1) is 0 Å². The monoisotopic (exact) mass is 313 g/mol. The highest BCUT2D eigenvalue weighted by Gasteiger charge is 2.19. The molecule has 0 aliphatic carbocycles. The van der Waals surface area contributed by atoms with E-state index in [9.17, 15) is 0 Å². The van der Waals surface area contributed by atoms with Crippen molar-refractivity contribution in [1.82, 2.24) is 10.5 Å². The van der Waals surface area contributed by atoms with Gasteiger partial charge in [-0.1, -0.05) is 37.2 Å². The summed E-state index contributed by atoms with van der Waals surface area (Å²) in [6.07, 6.45) is 4.52. The molecule has 0 amide bonds. The van der Waals surface area contributed by atoms with E-state index in [1.807, 2.05) is 0 Å². The summed E-state index contributed by atoms with van der Waals surface area (Å²) in [5.74, 6) is 1.44. The number of para-hydroxylation sites is 1. The molecule has 1 atom stereocenters. The lowest BCUT2D eigenvalue weighted by Crippen LogP contribution is -2.20. The molecule has 4 heteroatoms. The van der Waals surface area contributed by atoms with Crippen LogP contribution in [-0.2, 0) is 6.54 Å². The average molecular weight is 313 g/mol. The van der Waals surface area contributed by atoms with E-state index in [0.29, 0.717) is 12.0 Å². The Labute approximate surface area is 138 Å². The van der Waals surface area contributed by atoms with Crippen molar-refractivity contribution in [2.45, 2.75) is 58.0 Å². The molecule has 1 aromatic heterocycles. The fourth-order valence-electron chi connectivity index (χ4n) is 3.39. The number of nitrogens with zero attached hydrogens (tertiary/aromatic N) is 1. The van der Waals surface area contributed by atoms with Gasteiger partial charge in [-0.2, -0.15) is 0 Å². The highest BCUT2D eigenvalue weighted by Crippen LogP contribution is 2.29. The number of fused-ring (bicyclic) bond motifs is 1. The summed E-state index contributed by atoms with van der Waals surface area (Å²) >= 11 is 0. The van der Waals surface area contributed by atoms with Crippen LogP contribution in [0.4, 0.5) is 5.69 Å². The van der Waals surface area contributed by atoms with Crippen LogP contribution in [0.15, 0.2) is 34.9 Å². The van der Waals surface area contributed by atoms with Crippen molar-refractivity contribution in [3.63, 3.8) is 0 Å². The predicted octanol–water partition coefficient (Wildman–Crippen LogP) is 4.61. The van der Waals surface area contributed by atoms with Gasteiger partial charge in [0.15, 0.2) is 5.76 Å². The molecule has 1 aliphatic heterocycles. The molecule has 2 heterocycles. The van der Waals surface area contributed by atoms with Crippen LogP contribution in [0.5, 0.6) is 0 Å². The molecular formula is C19H27N3O. The quantitative estimate of drug-likeness (QED) is 0.817. The Balaban J connectivity index is 1.66. The zero-order valence-electron chi connectivity index (χ0n) is 14.1. The summed E-state index contributed by atoms with van der Waals surface area (Å²) in [5, 5.41) is 11.4. The number of anilines is 1. The molecule has 2 N–H and O–H groups in total. The van der Waals surface area contributed by atoms with E-state index in [-0.39, 0.29) is 0 Å². The third-order valence-corrected chi connectivity index (χ3v) is 4.82. The standard InChI is InChI=1S/C19H27N3O/c1-3-14(4-2)19-12-15(23-22-19)13-21-18-10-7-11-20-17-9-6-5-8-16(17)18/h5-6,8-9,12,14,18,20-21H,3-4,7,10-11,13H2,1-2H3. The molecule has 0 saturated carbocycles. The lowest BCUT2D eigenvalue weighted by Gasteiger charge is -2.18. The Morgan fingerprint density at radius 3 is 2.96 bits per heavy atom. The van der Waals surface area contributed by atoms with Gasteiger partial charge >= 0.3 is 0 Å². The van der Waals surface area contributed by atoms with Gasteiger partial charge in [0.1, 0.15) is 0 Å². The molecule has 3 rings (SSSR count). The Hall–Kier alpha value is -1.81. The van der Waals surface area contributed by atoms with Crippen LogP contribution in [0.3, 0.4) is 0 Å². The van der Waals surface area contributed by atoms with E-state index in [0.717, 1.165) is 43.8 Å². The van der Waals surface area contributed by atoms with Crippen LogP contribution in [0.25, 0.3) is 0 Å². The number of rotatable bonds is 6. The summed E-state index contributed by atoms with van der Waals surface area (Å²) in [5.41, 5.74) is 3.69. The molecular weight excluding hydrogens is 286 g/mol. The van der Waals surface area contributed by atoms with Crippen molar-refractivity contribution in [3.8, 4) is 0 Å². The van der Waals surface area contributed by atoms with Gasteiger partial charge in [0.2, 0.25) is 0 Å². The minimum absolute atomic E-state index is 0.364. The van der Waals surface area contributed by atoms with Crippen molar-refractivity contribution in [3.05, 3.63) is 47.3 Å². The van der Waals surface area contributed by atoms with Gasteiger partial charge in [-0.05, 0) is 37.3 Å². The van der Waals surface area contributed by atoms with Gasteiger partial charge in [-0.25, -0.2) is 0 Å². The third kappa shape index (κ3) is 3.75. The van der Waals surface area contributed by atoms with E-state index in [4.69, 9.17) is 4.52 Å². The van der Waals surface area contributed by atoms with E-state index in [2.05, 4.69) is 60.0 Å². The summed E-state index contributed by atoms with van der Waals surface area (Å²) in [7, 11) is 0. The fraction of sp³-hybridized carbons (Fsp3) is 0.526. The van der Waals surface area contributed by atoms with E-state index in [1.165, 1.54) is 17.7 Å². The zero-order valence-corrected chi connectivity index (χ0v) is 14.1. The topological polar surface area (TPSA) is 50.1 Å².